The predicted octanol–water partition coefficient (Wildman–Crippen LogP) is 10.3. The van der Waals surface area contributed by atoms with Crippen molar-refractivity contribution < 1.29 is 45.9 Å². The van der Waals surface area contributed by atoms with Gasteiger partial charge in [0.05, 0.1) is 81.6 Å². The van der Waals surface area contributed by atoms with E-state index in [2.05, 4.69) is 256 Å². The molecule has 0 spiro atoms. The van der Waals surface area contributed by atoms with Crippen LogP contribution in [0.4, 0.5) is 0 Å². The van der Waals surface area contributed by atoms with E-state index in [1.165, 1.54) is 67.1 Å². The summed E-state index contributed by atoms with van der Waals surface area (Å²) in [5.41, 5.74) is 0. The third kappa shape index (κ3) is 23.7. The molecular formula is C57H62Cl2O7P4RuS2. The van der Waals surface area contributed by atoms with E-state index in [1.54, 1.807) is 0 Å². The number of carbonyl (C=O) groups excluding carboxylic acids is 1. The van der Waals surface area contributed by atoms with Crippen molar-refractivity contribution in [2.75, 3.05) is 50.5 Å². The van der Waals surface area contributed by atoms with Gasteiger partial charge in [-0.2, -0.15) is 0 Å². The van der Waals surface area contributed by atoms with E-state index in [-0.39, 0.29) is 31.0 Å². The third-order valence-corrected chi connectivity index (χ3v) is 24.8. The first-order valence-corrected chi connectivity index (χ1v) is 38.6. The van der Waals surface area contributed by atoms with E-state index in [9.17, 15) is 0 Å². The second-order valence-electron chi connectivity index (χ2n) is 16.3. The van der Waals surface area contributed by atoms with E-state index < -0.39 is 34.8 Å². The molecule has 0 heterocycles. The normalized spacial score (nSPS) is 11.1. The van der Waals surface area contributed by atoms with Gasteiger partial charge < -0.3 is 13.9 Å². The van der Waals surface area contributed by atoms with Crippen molar-refractivity contribution in [2.45, 2.75) is 0 Å². The summed E-state index contributed by atoms with van der Waals surface area (Å²) in [6.45, 7) is 7.03. The van der Waals surface area contributed by atoms with Gasteiger partial charge in [0.2, 0.25) is 0 Å². The van der Waals surface area contributed by atoms with Gasteiger partial charge in [-0.3, -0.25) is 0 Å². The van der Waals surface area contributed by atoms with Crippen molar-refractivity contribution in [3.05, 3.63) is 243 Å². The summed E-state index contributed by atoms with van der Waals surface area (Å²) in [4.78, 5) is 8.00. The Kier molecular flexibility index (Phi) is 29.5. The van der Waals surface area contributed by atoms with E-state index in [0.29, 0.717) is 12.5 Å². The summed E-state index contributed by atoms with van der Waals surface area (Å²) >= 11 is -0.346. The molecule has 0 unspecified atom stereocenters. The summed E-state index contributed by atoms with van der Waals surface area (Å²) in [7, 11) is -1.77. The van der Waals surface area contributed by atoms with Gasteiger partial charge in [-0.05, 0) is 85.6 Å². The summed E-state index contributed by atoms with van der Waals surface area (Å²) in [6, 6.07) is 89.0. The zero-order chi connectivity index (χ0) is 53.6. The van der Waals surface area contributed by atoms with Crippen LogP contribution in [-0.4, -0.2) is 83.2 Å². The summed E-state index contributed by atoms with van der Waals surface area (Å²) in [6.07, 6.45) is 6.06. The van der Waals surface area contributed by atoms with Crippen LogP contribution in [0, 0.1) is 0 Å². The zero-order valence-electron chi connectivity index (χ0n) is 41.2. The van der Waals surface area contributed by atoms with Gasteiger partial charge in [-0.1, -0.05) is 194 Å². The average molecular weight is 1220 g/mol. The average Bonchev–Trinajstić information content (AvgIpc) is 3.41. The zero-order valence-corrected chi connectivity index (χ0v) is 49.7. The standard InChI is InChI=1S/2C27H27P2.2CH4O3S.CH2O.2ClH.Ru/c2*1-29(26-18-10-4-11-19-26,27-20-12-5-13-21-27)23-22-28(24-14-6-2-7-15-24)25-16-8-3-9-17-25;2*1-5(2,3)4;1-2;;;/h2*2-21H,22-23H2,1H3;2*1H3,(H,2,3,4);1H2;2*1H;/q2*+1;;;;;;+2/p-4. The summed E-state index contributed by atoms with van der Waals surface area (Å²) < 4.78 is 54.5. The fourth-order valence-corrected chi connectivity index (χ4v) is 21.2. The van der Waals surface area contributed by atoms with Crippen molar-refractivity contribution in [3.63, 3.8) is 0 Å². The Morgan fingerprint density at radius 3 is 0.671 bits per heavy atom. The SMILES string of the molecule is C=O.CS(=O)(=O)[O-].CS(=O)(=O)[O-].C[P+](CCP(c1ccccc1)c1ccccc1)(c1ccccc1)c1ccccc1.C[P+](CCP(c1ccccc1)c1ccccc1)(c1ccccc1)c1ccccc1.[Cl][Ru][Cl]. The topological polar surface area (TPSA) is 131 Å². The van der Waals surface area contributed by atoms with Crippen LogP contribution in [0.15, 0.2) is 243 Å². The van der Waals surface area contributed by atoms with E-state index in [4.69, 9.17) is 50.1 Å². The molecule has 8 rings (SSSR count). The Morgan fingerprint density at radius 2 is 0.521 bits per heavy atom. The molecule has 0 aliphatic rings. The Morgan fingerprint density at radius 1 is 0.384 bits per heavy atom. The van der Waals surface area contributed by atoms with Gasteiger partial charge in [0.25, 0.3) is 0 Å². The van der Waals surface area contributed by atoms with Crippen LogP contribution in [0.3, 0.4) is 0 Å². The molecule has 0 radical (unpaired) electrons. The molecule has 0 bridgehead atoms. The number of halogens is 2. The van der Waals surface area contributed by atoms with Gasteiger partial charge in [-0.15, -0.1) is 0 Å². The van der Waals surface area contributed by atoms with E-state index in [1.807, 2.05) is 6.79 Å². The number of carbonyl (C=O) groups is 1. The van der Waals surface area contributed by atoms with Crippen molar-refractivity contribution in [1.29, 1.82) is 0 Å². The van der Waals surface area contributed by atoms with Crippen LogP contribution in [0.2, 0.25) is 0 Å². The van der Waals surface area contributed by atoms with Crippen LogP contribution in [0.25, 0.3) is 0 Å². The molecule has 16 heteroatoms. The first kappa shape index (κ1) is 63.5. The molecule has 0 aliphatic carbocycles. The molecule has 8 aromatic rings. The van der Waals surface area contributed by atoms with E-state index in [0.717, 1.165) is 0 Å². The fraction of sp³-hybridized carbons (Fsp3) is 0.140. The van der Waals surface area contributed by atoms with Gasteiger partial charge in [-0.25, -0.2) is 16.8 Å². The van der Waals surface area contributed by atoms with Crippen LogP contribution in [0.5, 0.6) is 0 Å². The second kappa shape index (κ2) is 34.0. The number of rotatable bonds is 14. The third-order valence-electron chi connectivity index (χ3n) is 11.1. The van der Waals surface area contributed by atoms with Gasteiger partial charge in [0.15, 0.2) is 0 Å². The first-order valence-electron chi connectivity index (χ1n) is 22.6. The van der Waals surface area contributed by atoms with Gasteiger partial charge in [0, 0.05) is 24.8 Å². The minimum atomic E-state index is -3.92. The molecule has 8 aromatic carbocycles. The van der Waals surface area contributed by atoms with Crippen molar-refractivity contribution in [2.24, 2.45) is 0 Å². The first-order chi connectivity index (χ1) is 35.0. The molecule has 0 amide bonds. The van der Waals surface area contributed by atoms with Gasteiger partial charge >= 0.3 is 34.5 Å². The molecule has 0 atom stereocenters. The van der Waals surface area contributed by atoms with Crippen LogP contribution in [0.1, 0.15) is 0 Å². The molecule has 73 heavy (non-hydrogen) atoms. The summed E-state index contributed by atoms with van der Waals surface area (Å²) in [5.74, 6) is 0. The van der Waals surface area contributed by atoms with Gasteiger partial charge in [0.1, 0.15) is 6.79 Å². The monoisotopic (exact) mass is 1220 g/mol. The Labute approximate surface area is 454 Å². The molecule has 7 nitrogen and oxygen atoms in total. The number of benzene rings is 8. The maximum atomic E-state index is 9.08. The molecular weight excluding hydrogens is 1160 g/mol. The van der Waals surface area contributed by atoms with Crippen LogP contribution < -0.4 is 42.4 Å². The molecule has 0 fully saturated rings. The Balaban J connectivity index is 0.000000303. The molecule has 0 saturated carbocycles. The maximum absolute atomic E-state index is 9.08. The fourth-order valence-electron chi connectivity index (χ4n) is 7.69. The number of hydrogen-bond acceptors (Lipinski definition) is 7. The quantitative estimate of drug-likeness (QED) is 0.0602. The molecule has 386 valence electrons. The number of hydrogen-bond donors (Lipinski definition) is 0. The second-order valence-corrected chi connectivity index (χ2v) is 34.1. The molecule has 0 aromatic heterocycles. The van der Waals surface area contributed by atoms with Crippen molar-refractivity contribution in [3.8, 4) is 0 Å². The van der Waals surface area contributed by atoms with Crippen LogP contribution in [-0.2, 0) is 40.2 Å². The minimum absolute atomic E-state index is 0.346. The Bertz CT molecular complexity index is 2560. The molecule has 0 N–H and O–H groups in total. The summed E-state index contributed by atoms with van der Waals surface area (Å²) in [5, 5.41) is 11.9. The molecule has 0 saturated heterocycles. The van der Waals surface area contributed by atoms with Crippen molar-refractivity contribution >= 4 is 119 Å². The Hall–Kier alpha value is -3.83. The van der Waals surface area contributed by atoms with E-state index >= 15 is 0 Å². The molecule has 0 aliphatic heterocycles. The predicted molar refractivity (Wildman–Crippen MR) is 318 cm³/mol. The van der Waals surface area contributed by atoms with Crippen LogP contribution >= 0.6 is 49.8 Å². The van der Waals surface area contributed by atoms with Crippen molar-refractivity contribution in [1.82, 2.24) is 0 Å².